The molecule has 0 bridgehead atoms. The van der Waals surface area contributed by atoms with Crippen molar-refractivity contribution in [2.24, 2.45) is 0 Å². The highest BCUT2D eigenvalue weighted by Gasteiger charge is 2.22. The number of carbonyl (C=O) groups is 1. The van der Waals surface area contributed by atoms with Crippen molar-refractivity contribution in [3.05, 3.63) is 58.6 Å². The number of piperazine rings is 1. The number of methoxy groups -OCH3 is 1. The number of hydrogen-bond donors (Lipinski definition) is 1. The van der Waals surface area contributed by atoms with Crippen molar-refractivity contribution < 1.29 is 14.5 Å². The highest BCUT2D eigenvalue weighted by molar-refractivity contribution is 5.76. The maximum absolute atomic E-state index is 12.5. The van der Waals surface area contributed by atoms with Crippen LogP contribution in [0, 0.1) is 10.1 Å². The van der Waals surface area contributed by atoms with E-state index in [2.05, 4.69) is 10.2 Å². The summed E-state index contributed by atoms with van der Waals surface area (Å²) in [5.74, 6) is 0.961. The molecule has 154 valence electrons. The first-order valence-electron chi connectivity index (χ1n) is 9.73. The lowest BCUT2D eigenvalue weighted by Crippen LogP contribution is -2.48. The van der Waals surface area contributed by atoms with E-state index in [1.807, 2.05) is 29.2 Å². The number of para-hydroxylation sites is 4. The van der Waals surface area contributed by atoms with Crippen LogP contribution in [-0.2, 0) is 4.79 Å². The van der Waals surface area contributed by atoms with Gasteiger partial charge < -0.3 is 19.9 Å². The molecule has 0 unspecified atom stereocenters. The van der Waals surface area contributed by atoms with Gasteiger partial charge in [-0.15, -0.1) is 0 Å². The summed E-state index contributed by atoms with van der Waals surface area (Å²) in [7, 11) is 1.66. The van der Waals surface area contributed by atoms with Gasteiger partial charge in [0.25, 0.3) is 5.69 Å². The van der Waals surface area contributed by atoms with Crippen molar-refractivity contribution in [3.63, 3.8) is 0 Å². The molecule has 0 atom stereocenters. The van der Waals surface area contributed by atoms with Crippen LogP contribution in [0.15, 0.2) is 48.5 Å². The SMILES string of the molecule is COc1ccccc1N1CCN(C(=O)CCCNc2ccccc2[N+](=O)[O-])CC1. The molecule has 0 spiro atoms. The van der Waals surface area contributed by atoms with Crippen molar-refractivity contribution >= 4 is 23.0 Å². The first kappa shape index (κ1) is 20.4. The summed E-state index contributed by atoms with van der Waals surface area (Å²) in [5.41, 5.74) is 1.58. The standard InChI is InChI=1S/C21H26N4O4/c1-29-20-10-5-4-9-19(20)23-13-15-24(16-14-23)21(26)11-6-12-22-17-7-2-3-8-18(17)25(27)28/h2-5,7-10,22H,6,11-16H2,1H3. The third kappa shape index (κ3) is 5.16. The molecule has 1 aliphatic heterocycles. The summed E-state index contributed by atoms with van der Waals surface area (Å²) in [6.07, 6.45) is 1.04. The third-order valence-electron chi connectivity index (χ3n) is 5.04. The van der Waals surface area contributed by atoms with E-state index in [0.717, 1.165) is 24.5 Å². The van der Waals surface area contributed by atoms with Crippen LogP contribution in [0.2, 0.25) is 0 Å². The second-order valence-corrected chi connectivity index (χ2v) is 6.84. The predicted molar refractivity (Wildman–Crippen MR) is 113 cm³/mol. The number of carbonyl (C=O) groups excluding carboxylic acids is 1. The summed E-state index contributed by atoms with van der Waals surface area (Å²) >= 11 is 0. The zero-order valence-electron chi connectivity index (χ0n) is 16.5. The maximum atomic E-state index is 12.5. The van der Waals surface area contributed by atoms with Gasteiger partial charge in [0, 0.05) is 45.2 Å². The molecule has 0 aromatic heterocycles. The van der Waals surface area contributed by atoms with E-state index in [-0.39, 0.29) is 11.6 Å². The summed E-state index contributed by atoms with van der Waals surface area (Å²) in [5, 5.41) is 14.1. The van der Waals surface area contributed by atoms with Crippen LogP contribution in [0.3, 0.4) is 0 Å². The fraction of sp³-hybridized carbons (Fsp3) is 0.381. The summed E-state index contributed by atoms with van der Waals surface area (Å²) in [4.78, 5) is 27.2. The van der Waals surface area contributed by atoms with Gasteiger partial charge in [0.1, 0.15) is 11.4 Å². The highest BCUT2D eigenvalue weighted by atomic mass is 16.6. The molecule has 1 heterocycles. The second kappa shape index (κ2) is 9.77. The molecule has 0 saturated carbocycles. The Hall–Kier alpha value is -3.29. The number of hydrogen-bond acceptors (Lipinski definition) is 6. The number of nitro groups is 1. The van der Waals surface area contributed by atoms with E-state index in [9.17, 15) is 14.9 Å². The number of nitrogens with one attached hydrogen (secondary N) is 1. The van der Waals surface area contributed by atoms with E-state index >= 15 is 0 Å². The van der Waals surface area contributed by atoms with Gasteiger partial charge in [0.05, 0.1) is 17.7 Å². The molecule has 8 heteroatoms. The van der Waals surface area contributed by atoms with Gasteiger partial charge in [-0.05, 0) is 24.6 Å². The molecule has 1 amide bonds. The molecule has 1 saturated heterocycles. The van der Waals surface area contributed by atoms with Gasteiger partial charge >= 0.3 is 0 Å². The van der Waals surface area contributed by atoms with Gasteiger partial charge in [0.2, 0.25) is 5.91 Å². The number of anilines is 2. The summed E-state index contributed by atoms with van der Waals surface area (Å²) in [6, 6.07) is 14.4. The van der Waals surface area contributed by atoms with E-state index < -0.39 is 4.92 Å². The number of amides is 1. The van der Waals surface area contributed by atoms with Crippen molar-refractivity contribution in [2.45, 2.75) is 12.8 Å². The van der Waals surface area contributed by atoms with Crippen molar-refractivity contribution in [2.75, 3.05) is 50.1 Å². The quantitative estimate of drug-likeness (QED) is 0.418. The largest absolute Gasteiger partial charge is 0.495 e. The lowest BCUT2D eigenvalue weighted by atomic mass is 10.2. The first-order chi connectivity index (χ1) is 14.1. The molecule has 0 aliphatic carbocycles. The summed E-state index contributed by atoms with van der Waals surface area (Å²) in [6.45, 7) is 3.39. The molecule has 1 N–H and O–H groups in total. The zero-order chi connectivity index (χ0) is 20.6. The molecule has 1 aliphatic rings. The molecule has 2 aromatic carbocycles. The predicted octanol–water partition coefficient (Wildman–Crippen LogP) is 3.14. The van der Waals surface area contributed by atoms with Crippen LogP contribution in [0.5, 0.6) is 5.75 Å². The Morgan fingerprint density at radius 3 is 2.52 bits per heavy atom. The number of nitro benzene ring substituents is 1. The molecule has 8 nitrogen and oxygen atoms in total. The number of benzene rings is 2. The fourth-order valence-corrected chi connectivity index (χ4v) is 3.49. The Balaban J connectivity index is 1.43. The van der Waals surface area contributed by atoms with E-state index in [0.29, 0.717) is 38.2 Å². The Kier molecular flexibility index (Phi) is 6.89. The van der Waals surface area contributed by atoms with E-state index in [1.54, 1.807) is 25.3 Å². The normalized spacial score (nSPS) is 13.8. The minimum Gasteiger partial charge on any atom is -0.495 e. The average molecular weight is 398 g/mol. The van der Waals surface area contributed by atoms with E-state index in [1.165, 1.54) is 6.07 Å². The van der Waals surface area contributed by atoms with Crippen LogP contribution in [-0.4, -0.2) is 55.6 Å². The molecule has 0 radical (unpaired) electrons. The van der Waals surface area contributed by atoms with Crippen molar-refractivity contribution in [1.82, 2.24) is 4.90 Å². The Bertz CT molecular complexity index is 850. The van der Waals surface area contributed by atoms with E-state index in [4.69, 9.17) is 4.74 Å². The Labute approximate surface area is 170 Å². The Morgan fingerprint density at radius 1 is 1.10 bits per heavy atom. The molecular formula is C21H26N4O4. The average Bonchev–Trinajstić information content (AvgIpc) is 2.76. The molecular weight excluding hydrogens is 372 g/mol. The van der Waals surface area contributed by atoms with Crippen LogP contribution in [0.4, 0.5) is 17.1 Å². The van der Waals surface area contributed by atoms with Gasteiger partial charge in [-0.3, -0.25) is 14.9 Å². The highest BCUT2D eigenvalue weighted by Crippen LogP contribution is 2.28. The van der Waals surface area contributed by atoms with Crippen molar-refractivity contribution in [1.29, 1.82) is 0 Å². The van der Waals surface area contributed by atoms with Crippen LogP contribution < -0.4 is 15.0 Å². The smallest absolute Gasteiger partial charge is 0.292 e. The fourth-order valence-electron chi connectivity index (χ4n) is 3.49. The van der Waals surface area contributed by atoms with Gasteiger partial charge in [-0.25, -0.2) is 0 Å². The number of rotatable bonds is 8. The van der Waals surface area contributed by atoms with Gasteiger partial charge in [-0.2, -0.15) is 0 Å². The second-order valence-electron chi connectivity index (χ2n) is 6.84. The topological polar surface area (TPSA) is 88.0 Å². The summed E-state index contributed by atoms with van der Waals surface area (Å²) < 4.78 is 5.43. The lowest BCUT2D eigenvalue weighted by Gasteiger charge is -2.36. The molecule has 3 rings (SSSR count). The minimum atomic E-state index is -0.408. The van der Waals surface area contributed by atoms with Crippen LogP contribution in [0.25, 0.3) is 0 Å². The van der Waals surface area contributed by atoms with Gasteiger partial charge in [-0.1, -0.05) is 24.3 Å². The molecule has 1 fully saturated rings. The number of nitrogens with zero attached hydrogens (tertiary/aromatic N) is 3. The van der Waals surface area contributed by atoms with Gasteiger partial charge in [0.15, 0.2) is 0 Å². The minimum absolute atomic E-state index is 0.0475. The number of ether oxygens (including phenoxy) is 1. The first-order valence-corrected chi connectivity index (χ1v) is 9.73. The molecule has 29 heavy (non-hydrogen) atoms. The maximum Gasteiger partial charge on any atom is 0.292 e. The van der Waals surface area contributed by atoms with Crippen molar-refractivity contribution in [3.8, 4) is 5.75 Å². The lowest BCUT2D eigenvalue weighted by molar-refractivity contribution is -0.384. The third-order valence-corrected chi connectivity index (χ3v) is 5.04. The monoisotopic (exact) mass is 398 g/mol. The van der Waals surface area contributed by atoms with Crippen LogP contribution >= 0.6 is 0 Å². The van der Waals surface area contributed by atoms with Crippen LogP contribution in [0.1, 0.15) is 12.8 Å². The zero-order valence-corrected chi connectivity index (χ0v) is 16.5. The Morgan fingerprint density at radius 2 is 1.79 bits per heavy atom. The molecule has 2 aromatic rings.